The van der Waals surface area contributed by atoms with Crippen molar-refractivity contribution in [3.8, 4) is 17.2 Å². The Kier molecular flexibility index (Phi) is 11.9. The highest BCUT2D eigenvalue weighted by Gasteiger charge is 2.47. The van der Waals surface area contributed by atoms with Gasteiger partial charge in [0.1, 0.15) is 66.1 Å². The van der Waals surface area contributed by atoms with E-state index in [4.69, 9.17) is 48.2 Å². The number of nitrogens with one attached hydrogen (secondary N) is 1. The summed E-state index contributed by atoms with van der Waals surface area (Å²) in [5.41, 5.74) is 13.1. The van der Waals surface area contributed by atoms with Crippen molar-refractivity contribution in [2.45, 2.75) is 74.4 Å². The average molecular weight is 970 g/mol. The smallest absolute Gasteiger partial charge is 0.472 e. The number of aliphatic hydroxyl groups excluding tert-OH is 2. The SMILES string of the molecule is Nc1nc2c(ncn2[C@H]2C[C@H](O)[C@@H](COP(=O)(O)O[C@H]3C[C@H](c4cccc(-c5nc6ccccc6o5)c4O)O[C@@H]3COP(=O)(O)O[C@H]3C[C@H](n4cnc5c(N)ncnc54)O[C@@H]3CO)O2)c(=O)[nH]1. The monoisotopic (exact) mass is 969 g/mol. The van der Waals surface area contributed by atoms with E-state index >= 15 is 0 Å². The maximum absolute atomic E-state index is 13.6. The van der Waals surface area contributed by atoms with Crippen molar-refractivity contribution in [1.82, 2.24) is 44.0 Å². The maximum Gasteiger partial charge on any atom is 0.472 e. The van der Waals surface area contributed by atoms with Crippen LogP contribution in [-0.2, 0) is 41.4 Å². The van der Waals surface area contributed by atoms with Crippen LogP contribution in [0, 0.1) is 0 Å². The highest BCUT2D eigenvalue weighted by atomic mass is 31.2. The van der Waals surface area contributed by atoms with Crippen LogP contribution in [-0.4, -0.2) is 126 Å². The largest absolute Gasteiger partial charge is 0.507 e. The molecule has 0 amide bonds. The lowest BCUT2D eigenvalue weighted by Crippen LogP contribution is -2.31. The first-order valence-corrected chi connectivity index (χ1v) is 23.5. The molecule has 10 N–H and O–H groups in total. The second kappa shape index (κ2) is 17.7. The number of fused-ring (bicyclic) bond motifs is 3. The van der Waals surface area contributed by atoms with Crippen LogP contribution in [0.25, 0.3) is 44.9 Å². The highest BCUT2D eigenvalue weighted by molar-refractivity contribution is 7.47. The van der Waals surface area contributed by atoms with E-state index in [0.717, 1.165) is 0 Å². The number of benzene rings is 2. The molecule has 2 aromatic carbocycles. The van der Waals surface area contributed by atoms with Crippen molar-refractivity contribution < 1.29 is 71.0 Å². The fourth-order valence-electron chi connectivity index (χ4n) is 8.31. The fraction of sp³-hybridized carbons (Fsp3) is 0.395. The quantitative estimate of drug-likeness (QED) is 0.0682. The van der Waals surface area contributed by atoms with E-state index in [9.17, 15) is 39.0 Å². The molecule has 3 aliphatic heterocycles. The summed E-state index contributed by atoms with van der Waals surface area (Å²) in [6.45, 7) is -2.04. The summed E-state index contributed by atoms with van der Waals surface area (Å²) in [6.07, 6.45) is -6.77. The summed E-state index contributed by atoms with van der Waals surface area (Å²) in [5, 5.41) is 32.5. The number of nitrogens with two attached hydrogens (primary N) is 2. The molecule has 3 aliphatic rings. The second-order valence-corrected chi connectivity index (χ2v) is 18.6. The number of phenols is 1. The van der Waals surface area contributed by atoms with Gasteiger partial charge in [-0.25, -0.2) is 34.0 Å². The summed E-state index contributed by atoms with van der Waals surface area (Å²) < 4.78 is 75.9. The first kappa shape index (κ1) is 45.0. The molecule has 67 heavy (non-hydrogen) atoms. The molecular weight excluding hydrogens is 928 g/mol. The van der Waals surface area contributed by atoms with Crippen molar-refractivity contribution in [1.29, 1.82) is 0 Å². The Bertz CT molecular complexity index is 3100. The number of aliphatic hydroxyl groups is 2. The van der Waals surface area contributed by atoms with Crippen LogP contribution in [0.3, 0.4) is 0 Å². The minimum absolute atomic E-state index is 0.0246. The number of oxazole rings is 1. The first-order valence-electron chi connectivity index (χ1n) is 20.5. The number of phosphoric acid groups is 2. The predicted octanol–water partition coefficient (Wildman–Crippen LogP) is 2.10. The number of hydrogen-bond acceptors (Lipinski definition) is 22. The van der Waals surface area contributed by atoms with E-state index in [1.807, 2.05) is 0 Å². The van der Waals surface area contributed by atoms with Gasteiger partial charge < -0.3 is 55.2 Å². The second-order valence-electron chi connectivity index (χ2n) is 15.8. The van der Waals surface area contributed by atoms with Gasteiger partial charge in [-0.15, -0.1) is 0 Å². The molecule has 0 spiro atoms. The molecule has 29 heteroatoms. The van der Waals surface area contributed by atoms with E-state index in [-0.39, 0.29) is 65.0 Å². The molecule has 11 atom stereocenters. The Balaban J connectivity index is 0.849. The van der Waals surface area contributed by atoms with Gasteiger partial charge in [0.2, 0.25) is 11.8 Å². The van der Waals surface area contributed by atoms with Crippen molar-refractivity contribution >= 4 is 60.8 Å². The Morgan fingerprint density at radius 3 is 2.24 bits per heavy atom. The molecule has 354 valence electrons. The van der Waals surface area contributed by atoms with Crippen LogP contribution in [0.15, 0.2) is 70.7 Å². The van der Waals surface area contributed by atoms with E-state index in [1.165, 1.54) is 34.2 Å². The number of nitrogen functional groups attached to an aromatic ring is 2. The molecule has 0 aliphatic carbocycles. The Labute approximate surface area is 375 Å². The van der Waals surface area contributed by atoms with E-state index in [0.29, 0.717) is 22.3 Å². The van der Waals surface area contributed by atoms with Crippen LogP contribution in [0.2, 0.25) is 0 Å². The number of aromatic amines is 1. The van der Waals surface area contributed by atoms with Crippen LogP contribution in [0.4, 0.5) is 11.8 Å². The van der Waals surface area contributed by atoms with Gasteiger partial charge in [-0.3, -0.25) is 37.0 Å². The van der Waals surface area contributed by atoms with E-state index < -0.39 is 96.2 Å². The lowest BCUT2D eigenvalue weighted by Gasteiger charge is -2.24. The van der Waals surface area contributed by atoms with Gasteiger partial charge in [0.25, 0.3) is 5.56 Å². The molecule has 7 aromatic rings. The summed E-state index contributed by atoms with van der Waals surface area (Å²) in [5.74, 6) is -0.242. The van der Waals surface area contributed by atoms with Crippen molar-refractivity contribution in [2.24, 2.45) is 0 Å². The van der Waals surface area contributed by atoms with Crippen molar-refractivity contribution in [2.75, 3.05) is 31.3 Å². The Morgan fingerprint density at radius 2 is 1.48 bits per heavy atom. The number of hydrogen-bond donors (Lipinski definition) is 8. The number of para-hydroxylation sites is 3. The Morgan fingerprint density at radius 1 is 0.791 bits per heavy atom. The molecular formula is C38H41N11O16P2. The topological polar surface area (TPSA) is 385 Å². The number of nitrogens with zero attached hydrogens (tertiary/aromatic N) is 8. The van der Waals surface area contributed by atoms with Gasteiger partial charge in [-0.2, -0.15) is 4.98 Å². The maximum atomic E-state index is 13.6. The third-order valence-corrected chi connectivity index (χ3v) is 13.5. The standard InChI is InChI=1S/C38H41N11O16P2/c39-33-30-34(42-14-41-33)48(15-43-30)29-10-24(25(11-50)61-29)65-67(56,57)59-13-27-23(9-22(60-27)17-4-3-5-18(32(17)52)37-45-19-6-1-2-7-21(19)63-37)64-66(54,55)58-12-26-20(51)8-28(62-26)49-16-44-31-35(49)46-38(40)47-36(31)53/h1-7,14-16,20,22-29,50-52H,8-13H2,(H,54,55)(H,56,57)(H2,39,41,42)(H3,40,46,47,53)/t20-,22+,23-,24-,25+,26+,27+,28+,29+/m0/s1. The highest BCUT2D eigenvalue weighted by Crippen LogP contribution is 2.53. The predicted molar refractivity (Wildman–Crippen MR) is 227 cm³/mol. The molecule has 8 heterocycles. The minimum Gasteiger partial charge on any atom is -0.507 e. The molecule has 0 saturated carbocycles. The van der Waals surface area contributed by atoms with Gasteiger partial charge in [0, 0.05) is 24.8 Å². The summed E-state index contributed by atoms with van der Waals surface area (Å²) in [7, 11) is -10.1. The van der Waals surface area contributed by atoms with Gasteiger partial charge >= 0.3 is 15.6 Å². The molecule has 3 fully saturated rings. The summed E-state index contributed by atoms with van der Waals surface area (Å²) in [4.78, 5) is 61.7. The van der Waals surface area contributed by atoms with Crippen molar-refractivity contribution in [3.63, 3.8) is 0 Å². The summed E-state index contributed by atoms with van der Waals surface area (Å²) >= 11 is 0. The third kappa shape index (κ3) is 8.93. The molecule has 3 saturated heterocycles. The zero-order valence-electron chi connectivity index (χ0n) is 34.6. The number of imidazole rings is 2. The van der Waals surface area contributed by atoms with Crippen molar-refractivity contribution in [3.05, 3.63) is 77.4 Å². The minimum atomic E-state index is -5.09. The van der Waals surface area contributed by atoms with Crippen LogP contribution in [0.1, 0.15) is 43.4 Å². The van der Waals surface area contributed by atoms with Gasteiger partial charge in [-0.05, 0) is 18.2 Å². The number of aromatic hydroxyl groups is 1. The number of ether oxygens (including phenoxy) is 3. The number of phenolic OH excluding ortho intramolecular Hbond substituents is 1. The molecule has 0 radical (unpaired) electrons. The lowest BCUT2D eigenvalue weighted by atomic mass is 10.0. The first-order chi connectivity index (χ1) is 32.1. The molecule has 5 aromatic heterocycles. The van der Waals surface area contributed by atoms with E-state index in [2.05, 4.69) is 34.9 Å². The number of aromatic nitrogens is 9. The molecule has 27 nitrogen and oxygen atoms in total. The van der Waals surface area contributed by atoms with Crippen LogP contribution >= 0.6 is 15.6 Å². The fourth-order valence-corrected chi connectivity index (χ4v) is 10.2. The zero-order valence-corrected chi connectivity index (χ0v) is 36.4. The number of anilines is 2. The zero-order chi connectivity index (χ0) is 46.8. The molecule has 0 bridgehead atoms. The van der Waals surface area contributed by atoms with Gasteiger partial charge in [0.15, 0.2) is 28.2 Å². The van der Waals surface area contributed by atoms with Gasteiger partial charge in [0.05, 0.1) is 50.2 Å². The molecule has 2 unspecified atom stereocenters. The van der Waals surface area contributed by atoms with Crippen LogP contribution < -0.4 is 17.0 Å². The third-order valence-electron chi connectivity index (χ3n) is 11.5. The van der Waals surface area contributed by atoms with Crippen LogP contribution in [0.5, 0.6) is 5.75 Å². The number of phosphoric ester groups is 2. The summed E-state index contributed by atoms with van der Waals surface area (Å²) in [6, 6.07) is 11.7. The molecule has 10 rings (SSSR count). The normalized spacial score (nSPS) is 27.3. The van der Waals surface area contributed by atoms with Gasteiger partial charge in [-0.1, -0.05) is 24.3 Å². The average Bonchev–Trinajstić information content (AvgIpc) is 4.15. The Hall–Kier alpha value is -5.77. The number of H-pyrrole nitrogens is 1. The van der Waals surface area contributed by atoms with E-state index in [1.54, 1.807) is 36.4 Å². The number of rotatable bonds is 15. The lowest BCUT2D eigenvalue weighted by molar-refractivity contribution is -0.0546.